The maximum Gasteiger partial charge on any atom is 0.340 e. The van der Waals surface area contributed by atoms with Gasteiger partial charge in [-0.15, -0.1) is 11.3 Å². The lowest BCUT2D eigenvalue weighted by atomic mass is 9.83. The van der Waals surface area contributed by atoms with Crippen molar-refractivity contribution in [1.82, 2.24) is 5.32 Å². The van der Waals surface area contributed by atoms with Crippen molar-refractivity contribution in [1.29, 1.82) is 0 Å². The summed E-state index contributed by atoms with van der Waals surface area (Å²) in [6, 6.07) is 12.1. The average molecular weight is 454 g/mol. The zero-order valence-electron chi connectivity index (χ0n) is 15.6. The molecule has 0 unspecified atom stereocenters. The molecule has 4 rings (SSSR count). The maximum absolute atomic E-state index is 12.9. The summed E-state index contributed by atoms with van der Waals surface area (Å²) in [5.74, 6) is -3.25. The number of thiophene rings is 1. The minimum atomic E-state index is -0.967. The number of esters is 1. The van der Waals surface area contributed by atoms with Crippen LogP contribution in [0.4, 0.5) is 0 Å². The Kier molecular flexibility index (Phi) is 5.50. The van der Waals surface area contributed by atoms with E-state index >= 15 is 0 Å². The normalized spacial score (nSPS) is 12.0. The summed E-state index contributed by atoms with van der Waals surface area (Å²) < 4.78 is 4.93. The monoisotopic (exact) mass is 453 g/mol. The van der Waals surface area contributed by atoms with Gasteiger partial charge in [0, 0.05) is 16.7 Å². The number of imide groups is 1. The molecule has 7 nitrogen and oxygen atoms in total. The lowest BCUT2D eigenvalue weighted by molar-refractivity contribution is -0.123. The van der Waals surface area contributed by atoms with Crippen molar-refractivity contribution in [3.8, 4) is 0 Å². The fourth-order valence-corrected chi connectivity index (χ4v) is 4.09. The van der Waals surface area contributed by atoms with Gasteiger partial charge in [-0.25, -0.2) is 4.79 Å². The second-order valence-corrected chi connectivity index (χ2v) is 7.81. The number of ether oxygens (including phenoxy) is 1. The van der Waals surface area contributed by atoms with Gasteiger partial charge < -0.3 is 4.74 Å². The molecule has 3 aromatic rings. The SMILES string of the molecule is O=C(COC(=O)c1ccc2c(c1Cl)C(=O)c1ccccc1C2=O)NC(=O)c1cccs1. The van der Waals surface area contributed by atoms with Gasteiger partial charge in [-0.1, -0.05) is 41.9 Å². The molecule has 154 valence electrons. The van der Waals surface area contributed by atoms with Crippen LogP contribution in [0.2, 0.25) is 5.02 Å². The van der Waals surface area contributed by atoms with Gasteiger partial charge in [-0.2, -0.15) is 0 Å². The molecular formula is C22H12ClNO6S. The third-order valence-corrected chi connectivity index (χ3v) is 5.84. The van der Waals surface area contributed by atoms with Gasteiger partial charge in [0.1, 0.15) is 0 Å². The van der Waals surface area contributed by atoms with Crippen LogP contribution in [-0.4, -0.2) is 36.0 Å². The second kappa shape index (κ2) is 8.25. The van der Waals surface area contributed by atoms with Gasteiger partial charge >= 0.3 is 5.97 Å². The highest BCUT2D eigenvalue weighted by Crippen LogP contribution is 2.34. The molecule has 1 aliphatic rings. The van der Waals surface area contributed by atoms with Crippen molar-refractivity contribution in [2.45, 2.75) is 0 Å². The van der Waals surface area contributed by atoms with Crippen LogP contribution < -0.4 is 5.32 Å². The predicted octanol–water partition coefficient (Wildman–Crippen LogP) is 3.29. The van der Waals surface area contributed by atoms with E-state index in [0.717, 1.165) is 11.3 Å². The van der Waals surface area contributed by atoms with Crippen molar-refractivity contribution < 1.29 is 28.7 Å². The van der Waals surface area contributed by atoms with Crippen molar-refractivity contribution >= 4 is 52.3 Å². The van der Waals surface area contributed by atoms with Gasteiger partial charge in [0.05, 0.1) is 21.0 Å². The van der Waals surface area contributed by atoms with Gasteiger partial charge in [-0.3, -0.25) is 24.5 Å². The number of ketones is 2. The van der Waals surface area contributed by atoms with Crippen LogP contribution in [0.5, 0.6) is 0 Å². The van der Waals surface area contributed by atoms with E-state index in [1.807, 2.05) is 0 Å². The molecule has 0 radical (unpaired) electrons. The Labute approximate surface area is 184 Å². The van der Waals surface area contributed by atoms with E-state index < -0.39 is 30.2 Å². The minimum absolute atomic E-state index is 0.0860. The highest BCUT2D eigenvalue weighted by Gasteiger charge is 2.33. The molecule has 9 heteroatoms. The maximum atomic E-state index is 12.9. The fraction of sp³-hybridized carbons (Fsp3) is 0.0455. The average Bonchev–Trinajstić information content (AvgIpc) is 3.31. The molecular weight excluding hydrogens is 442 g/mol. The number of amides is 2. The molecule has 0 saturated carbocycles. The van der Waals surface area contributed by atoms with Crippen LogP contribution in [0.25, 0.3) is 0 Å². The quantitative estimate of drug-likeness (QED) is 0.475. The van der Waals surface area contributed by atoms with E-state index in [0.29, 0.717) is 4.88 Å². The molecule has 2 amide bonds. The number of carbonyl (C=O) groups is 5. The predicted molar refractivity (Wildman–Crippen MR) is 112 cm³/mol. The van der Waals surface area contributed by atoms with E-state index in [2.05, 4.69) is 5.32 Å². The first-order valence-corrected chi connectivity index (χ1v) is 10.2. The van der Waals surface area contributed by atoms with Crippen LogP contribution in [0.3, 0.4) is 0 Å². The van der Waals surface area contributed by atoms with E-state index in [-0.39, 0.29) is 38.6 Å². The molecule has 0 aliphatic heterocycles. The van der Waals surface area contributed by atoms with Gasteiger partial charge in [0.2, 0.25) is 0 Å². The molecule has 0 spiro atoms. The summed E-state index contributed by atoms with van der Waals surface area (Å²) in [7, 11) is 0. The number of hydrogen-bond acceptors (Lipinski definition) is 7. The lowest BCUT2D eigenvalue weighted by Gasteiger charge is -2.19. The Hall–Kier alpha value is -3.62. The number of rotatable bonds is 4. The van der Waals surface area contributed by atoms with Crippen LogP contribution in [0, 0.1) is 0 Å². The largest absolute Gasteiger partial charge is 0.452 e. The van der Waals surface area contributed by atoms with Crippen molar-refractivity contribution in [2.24, 2.45) is 0 Å². The summed E-state index contributed by atoms with van der Waals surface area (Å²) in [5.41, 5.74) is 0.289. The number of benzene rings is 2. The Morgan fingerprint density at radius 1 is 0.903 bits per heavy atom. The molecule has 1 aromatic heterocycles. The molecule has 0 bridgehead atoms. The summed E-state index contributed by atoms with van der Waals surface area (Å²) in [4.78, 5) is 62.1. The first kappa shape index (κ1) is 20.6. The fourth-order valence-electron chi connectivity index (χ4n) is 3.14. The molecule has 1 aliphatic carbocycles. The molecule has 1 heterocycles. The van der Waals surface area contributed by atoms with Crippen molar-refractivity contribution in [3.63, 3.8) is 0 Å². The zero-order valence-corrected chi connectivity index (χ0v) is 17.2. The molecule has 0 fully saturated rings. The summed E-state index contributed by atoms with van der Waals surface area (Å²) >= 11 is 7.44. The first-order chi connectivity index (χ1) is 14.9. The van der Waals surface area contributed by atoms with E-state index in [9.17, 15) is 24.0 Å². The lowest BCUT2D eigenvalue weighted by Crippen LogP contribution is -2.33. The van der Waals surface area contributed by atoms with Gasteiger partial charge in [0.25, 0.3) is 11.8 Å². The van der Waals surface area contributed by atoms with E-state index in [4.69, 9.17) is 16.3 Å². The van der Waals surface area contributed by atoms with Crippen LogP contribution >= 0.6 is 22.9 Å². The smallest absolute Gasteiger partial charge is 0.340 e. The highest BCUT2D eigenvalue weighted by atomic mass is 35.5. The second-order valence-electron chi connectivity index (χ2n) is 6.48. The van der Waals surface area contributed by atoms with Gasteiger partial charge in [0.15, 0.2) is 18.2 Å². The van der Waals surface area contributed by atoms with Crippen molar-refractivity contribution in [2.75, 3.05) is 6.61 Å². The molecule has 1 N–H and O–H groups in total. The van der Waals surface area contributed by atoms with Crippen LogP contribution in [0.1, 0.15) is 51.9 Å². The summed E-state index contributed by atoms with van der Waals surface area (Å²) in [5, 5.41) is 3.55. The van der Waals surface area contributed by atoms with E-state index in [1.54, 1.807) is 35.7 Å². The number of carbonyl (C=O) groups excluding carboxylic acids is 5. The van der Waals surface area contributed by atoms with Crippen molar-refractivity contribution in [3.05, 3.63) is 91.6 Å². The summed E-state index contributed by atoms with van der Waals surface area (Å²) in [6.45, 7) is -0.723. The Balaban J connectivity index is 1.51. The number of fused-ring (bicyclic) bond motifs is 2. The first-order valence-electron chi connectivity index (χ1n) is 8.94. The summed E-state index contributed by atoms with van der Waals surface area (Å²) in [6.07, 6.45) is 0. The van der Waals surface area contributed by atoms with Crippen LogP contribution in [0.15, 0.2) is 53.9 Å². The zero-order chi connectivity index (χ0) is 22.1. The minimum Gasteiger partial charge on any atom is -0.452 e. The Morgan fingerprint density at radius 3 is 2.29 bits per heavy atom. The highest BCUT2D eigenvalue weighted by molar-refractivity contribution is 7.12. The van der Waals surface area contributed by atoms with E-state index in [1.165, 1.54) is 18.2 Å². The Bertz CT molecular complexity index is 1270. The number of hydrogen-bond donors (Lipinski definition) is 1. The van der Waals surface area contributed by atoms with Gasteiger partial charge in [-0.05, 0) is 23.6 Å². The molecule has 0 saturated heterocycles. The third-order valence-electron chi connectivity index (χ3n) is 4.58. The molecule has 2 aromatic carbocycles. The topological polar surface area (TPSA) is 107 Å². The van der Waals surface area contributed by atoms with Crippen LogP contribution in [-0.2, 0) is 9.53 Å². The number of nitrogens with one attached hydrogen (secondary N) is 1. The Morgan fingerprint density at radius 2 is 1.61 bits per heavy atom. The molecule has 0 atom stereocenters. The molecule has 31 heavy (non-hydrogen) atoms. The standard InChI is InChI=1S/C22H12ClNO6S/c23-18-14(22(29)30-10-16(25)24-21(28)15-6-3-9-31-15)8-7-13-17(18)20(27)12-5-2-1-4-11(12)19(13)26/h1-9H,10H2,(H,24,25,28). The number of halogens is 1. The third kappa shape index (κ3) is 3.78.